The smallest absolute Gasteiger partial charge is 0.318 e. The van der Waals surface area contributed by atoms with Crippen molar-refractivity contribution in [3.8, 4) is 5.75 Å². The van der Waals surface area contributed by atoms with Gasteiger partial charge in [-0.25, -0.2) is 4.79 Å². The number of hydrogen-bond donors (Lipinski definition) is 2. The van der Waals surface area contributed by atoms with Crippen molar-refractivity contribution in [2.45, 2.75) is 26.4 Å². The van der Waals surface area contributed by atoms with Crippen molar-refractivity contribution in [1.82, 2.24) is 5.32 Å². The Morgan fingerprint density at radius 2 is 2.06 bits per heavy atom. The molecule has 0 spiro atoms. The highest BCUT2D eigenvalue weighted by Crippen LogP contribution is 2.19. The van der Waals surface area contributed by atoms with Crippen molar-refractivity contribution in [2.75, 3.05) is 0 Å². The highest BCUT2D eigenvalue weighted by atomic mass is 16.5. The van der Waals surface area contributed by atoms with Gasteiger partial charge < -0.3 is 10.5 Å². The van der Waals surface area contributed by atoms with E-state index < -0.39 is 18.0 Å². The van der Waals surface area contributed by atoms with Gasteiger partial charge in [-0.2, -0.15) is 0 Å². The van der Waals surface area contributed by atoms with E-state index in [-0.39, 0.29) is 0 Å². The molecule has 0 saturated carbocycles. The number of aryl methyl sites for hydroxylation is 1. The molecular weight excluding hydrogens is 220 g/mol. The van der Waals surface area contributed by atoms with Gasteiger partial charge in [-0.3, -0.25) is 10.1 Å². The topological polar surface area (TPSA) is 81.4 Å². The molecular formula is C12H16N2O3. The van der Waals surface area contributed by atoms with Crippen LogP contribution in [0.3, 0.4) is 0 Å². The minimum Gasteiger partial charge on any atom is -0.481 e. The third-order valence-electron chi connectivity index (χ3n) is 2.27. The fourth-order valence-electron chi connectivity index (χ4n) is 1.38. The molecule has 1 aromatic carbocycles. The van der Waals surface area contributed by atoms with Crippen LogP contribution in [0.15, 0.2) is 24.3 Å². The summed E-state index contributed by atoms with van der Waals surface area (Å²) in [5.74, 6) is 0.0885. The summed E-state index contributed by atoms with van der Waals surface area (Å²) in [6.07, 6.45) is 0.0376. The molecule has 92 valence electrons. The van der Waals surface area contributed by atoms with E-state index in [1.807, 2.05) is 30.4 Å². The Bertz CT molecular complexity index is 418. The van der Waals surface area contributed by atoms with E-state index in [0.717, 1.165) is 12.0 Å². The molecule has 0 bridgehead atoms. The molecule has 1 rings (SSSR count). The van der Waals surface area contributed by atoms with Crippen molar-refractivity contribution >= 4 is 11.9 Å². The second-order valence-electron chi connectivity index (χ2n) is 3.57. The van der Waals surface area contributed by atoms with Crippen LogP contribution in [0.4, 0.5) is 4.79 Å². The van der Waals surface area contributed by atoms with Crippen molar-refractivity contribution in [1.29, 1.82) is 0 Å². The molecule has 5 nitrogen and oxygen atoms in total. The molecule has 1 atom stereocenters. The van der Waals surface area contributed by atoms with E-state index in [9.17, 15) is 9.59 Å². The molecule has 0 aromatic heterocycles. The predicted octanol–water partition coefficient (Wildman–Crippen LogP) is 1.21. The average molecular weight is 236 g/mol. The summed E-state index contributed by atoms with van der Waals surface area (Å²) in [5, 5.41) is 1.98. The van der Waals surface area contributed by atoms with E-state index >= 15 is 0 Å². The van der Waals surface area contributed by atoms with Gasteiger partial charge in [0.25, 0.3) is 5.91 Å². The Balaban J connectivity index is 2.70. The lowest BCUT2D eigenvalue weighted by Gasteiger charge is -2.15. The molecule has 0 aliphatic carbocycles. The molecule has 3 N–H and O–H groups in total. The highest BCUT2D eigenvalue weighted by Gasteiger charge is 2.16. The summed E-state index contributed by atoms with van der Waals surface area (Å²) in [4.78, 5) is 21.9. The Labute approximate surface area is 99.9 Å². The summed E-state index contributed by atoms with van der Waals surface area (Å²) < 4.78 is 5.48. The summed E-state index contributed by atoms with van der Waals surface area (Å²) in [7, 11) is 0. The number of carbonyl (C=O) groups excluding carboxylic acids is 2. The summed E-state index contributed by atoms with van der Waals surface area (Å²) in [6, 6.07) is 6.56. The van der Waals surface area contributed by atoms with Crippen LogP contribution in [-0.2, 0) is 11.2 Å². The first-order chi connectivity index (χ1) is 8.04. The number of amides is 3. The standard InChI is InChI=1S/C12H16N2O3/c1-3-9-6-4-5-7-10(9)17-8(2)11(15)14-12(13)16/h4-8H,3H2,1-2H3,(H3,13,14,15,16). The van der Waals surface area contributed by atoms with Crippen molar-refractivity contribution in [2.24, 2.45) is 5.73 Å². The normalized spacial score (nSPS) is 11.6. The van der Waals surface area contributed by atoms with Gasteiger partial charge in [0.05, 0.1) is 0 Å². The lowest BCUT2D eigenvalue weighted by molar-refractivity contribution is -0.126. The number of ether oxygens (including phenoxy) is 1. The van der Waals surface area contributed by atoms with E-state index in [2.05, 4.69) is 0 Å². The predicted molar refractivity (Wildman–Crippen MR) is 63.6 cm³/mol. The van der Waals surface area contributed by atoms with Crippen molar-refractivity contribution in [3.05, 3.63) is 29.8 Å². The molecule has 1 unspecified atom stereocenters. The van der Waals surface area contributed by atoms with Crippen LogP contribution in [0.5, 0.6) is 5.75 Å². The van der Waals surface area contributed by atoms with Gasteiger partial charge in [-0.15, -0.1) is 0 Å². The monoisotopic (exact) mass is 236 g/mol. The number of nitrogens with one attached hydrogen (secondary N) is 1. The quantitative estimate of drug-likeness (QED) is 0.824. The number of para-hydroxylation sites is 1. The Morgan fingerprint density at radius 3 is 2.65 bits per heavy atom. The molecule has 17 heavy (non-hydrogen) atoms. The van der Waals surface area contributed by atoms with Gasteiger partial charge in [0.1, 0.15) is 5.75 Å². The summed E-state index contributed by atoms with van der Waals surface area (Å²) >= 11 is 0. The minimum atomic E-state index is -0.880. The SMILES string of the molecule is CCc1ccccc1OC(C)C(=O)NC(N)=O. The Hall–Kier alpha value is -2.04. The largest absolute Gasteiger partial charge is 0.481 e. The van der Waals surface area contributed by atoms with Crippen LogP contribution in [0.1, 0.15) is 19.4 Å². The maximum absolute atomic E-state index is 11.4. The highest BCUT2D eigenvalue weighted by molar-refractivity contribution is 5.95. The molecule has 3 amide bonds. The van der Waals surface area contributed by atoms with Gasteiger partial charge in [-0.1, -0.05) is 25.1 Å². The third-order valence-corrected chi connectivity index (χ3v) is 2.27. The van der Waals surface area contributed by atoms with Crippen LogP contribution >= 0.6 is 0 Å². The summed E-state index contributed by atoms with van der Waals surface area (Å²) in [6.45, 7) is 3.56. The first kappa shape index (κ1) is 13.0. The second-order valence-corrected chi connectivity index (χ2v) is 3.57. The second kappa shape index (κ2) is 5.89. The van der Waals surface area contributed by atoms with E-state index in [1.54, 1.807) is 13.0 Å². The molecule has 0 saturated heterocycles. The zero-order valence-electron chi connectivity index (χ0n) is 9.90. The number of hydrogen-bond acceptors (Lipinski definition) is 3. The number of rotatable bonds is 4. The Kier molecular flexibility index (Phi) is 4.51. The van der Waals surface area contributed by atoms with Crippen LogP contribution in [0, 0.1) is 0 Å². The molecule has 0 heterocycles. The average Bonchev–Trinajstić information content (AvgIpc) is 2.28. The van der Waals surface area contributed by atoms with Gasteiger partial charge in [-0.05, 0) is 25.0 Å². The molecule has 0 radical (unpaired) electrons. The minimum absolute atomic E-state index is 0.552. The van der Waals surface area contributed by atoms with Crippen molar-refractivity contribution < 1.29 is 14.3 Å². The van der Waals surface area contributed by atoms with E-state index in [1.165, 1.54) is 0 Å². The lowest BCUT2D eigenvalue weighted by atomic mass is 10.1. The fraction of sp³-hybridized carbons (Fsp3) is 0.333. The number of carbonyl (C=O) groups is 2. The first-order valence-electron chi connectivity index (χ1n) is 5.39. The first-order valence-corrected chi connectivity index (χ1v) is 5.39. The zero-order valence-corrected chi connectivity index (χ0v) is 9.90. The molecule has 5 heteroatoms. The third kappa shape index (κ3) is 3.79. The van der Waals surface area contributed by atoms with E-state index in [4.69, 9.17) is 10.5 Å². The molecule has 0 aliphatic rings. The van der Waals surface area contributed by atoms with E-state index in [0.29, 0.717) is 5.75 Å². The van der Waals surface area contributed by atoms with Gasteiger partial charge in [0.15, 0.2) is 6.10 Å². The van der Waals surface area contributed by atoms with Crippen molar-refractivity contribution in [3.63, 3.8) is 0 Å². The van der Waals surface area contributed by atoms with Crippen LogP contribution in [0.25, 0.3) is 0 Å². The zero-order chi connectivity index (χ0) is 12.8. The number of nitrogens with two attached hydrogens (primary N) is 1. The number of imide groups is 1. The maximum atomic E-state index is 11.4. The molecule has 0 aliphatic heterocycles. The van der Waals surface area contributed by atoms with Crippen LogP contribution in [0.2, 0.25) is 0 Å². The fourth-order valence-corrected chi connectivity index (χ4v) is 1.38. The lowest BCUT2D eigenvalue weighted by Crippen LogP contribution is -2.42. The molecule has 1 aromatic rings. The van der Waals surface area contributed by atoms with Crippen LogP contribution in [-0.4, -0.2) is 18.0 Å². The summed E-state index contributed by atoms with van der Waals surface area (Å²) in [5.41, 5.74) is 5.86. The Morgan fingerprint density at radius 1 is 1.41 bits per heavy atom. The van der Waals surface area contributed by atoms with Gasteiger partial charge in [0, 0.05) is 0 Å². The maximum Gasteiger partial charge on any atom is 0.318 e. The number of benzene rings is 1. The van der Waals surface area contributed by atoms with Crippen LogP contribution < -0.4 is 15.8 Å². The number of urea groups is 1. The van der Waals surface area contributed by atoms with Gasteiger partial charge in [0.2, 0.25) is 0 Å². The molecule has 0 fully saturated rings. The van der Waals surface area contributed by atoms with Gasteiger partial charge >= 0.3 is 6.03 Å². The number of primary amides is 1.